The summed E-state index contributed by atoms with van der Waals surface area (Å²) in [5.74, 6) is 0.158. The number of hydrogen-bond acceptors (Lipinski definition) is 4. The average Bonchev–Trinajstić information content (AvgIpc) is 2.65. The van der Waals surface area contributed by atoms with Gasteiger partial charge in [0.1, 0.15) is 0 Å². The van der Waals surface area contributed by atoms with Crippen LogP contribution in [0.3, 0.4) is 0 Å². The van der Waals surface area contributed by atoms with Crippen LogP contribution in [0.2, 0.25) is 0 Å². The summed E-state index contributed by atoms with van der Waals surface area (Å²) in [5.41, 5.74) is 5.19. The Labute approximate surface area is 161 Å². The number of hydrogen-bond donors (Lipinski definition) is 0. The molecule has 0 aromatic heterocycles. The van der Waals surface area contributed by atoms with Gasteiger partial charge in [0.15, 0.2) is 0 Å². The Morgan fingerprint density at radius 2 is 2.07 bits per heavy atom. The lowest BCUT2D eigenvalue weighted by Gasteiger charge is -2.47. The second kappa shape index (κ2) is 7.55. The second-order valence-corrected chi connectivity index (χ2v) is 7.78. The molecule has 1 aliphatic rings. The summed E-state index contributed by atoms with van der Waals surface area (Å²) in [6.07, 6.45) is 3.00. The van der Waals surface area contributed by atoms with Gasteiger partial charge in [0, 0.05) is 24.0 Å². The summed E-state index contributed by atoms with van der Waals surface area (Å²) in [6.45, 7) is 10.2. The van der Waals surface area contributed by atoms with Crippen LogP contribution < -0.4 is 4.90 Å². The Balaban J connectivity index is 1.89. The molecule has 1 heterocycles. The molecule has 0 saturated heterocycles. The van der Waals surface area contributed by atoms with Crippen molar-refractivity contribution in [3.8, 4) is 0 Å². The summed E-state index contributed by atoms with van der Waals surface area (Å²) in [5, 5.41) is 0. The summed E-state index contributed by atoms with van der Waals surface area (Å²) in [7, 11) is 1.38. The van der Waals surface area contributed by atoms with Gasteiger partial charge in [-0.2, -0.15) is 0 Å². The number of carbonyl (C=O) groups is 1. The molecule has 0 amide bonds. The molecule has 0 spiro atoms. The van der Waals surface area contributed by atoms with Gasteiger partial charge < -0.3 is 9.64 Å². The Bertz CT molecular complexity index is 870. The molecule has 1 atom stereocenters. The van der Waals surface area contributed by atoms with Gasteiger partial charge in [0.05, 0.1) is 18.4 Å². The highest BCUT2D eigenvalue weighted by Gasteiger charge is 2.35. The molecule has 0 fully saturated rings. The molecule has 0 N–H and O–H groups in total. The predicted octanol–water partition coefficient (Wildman–Crippen LogP) is 5.34. The van der Waals surface area contributed by atoms with E-state index in [9.17, 15) is 4.79 Å². The van der Waals surface area contributed by atoms with Crippen LogP contribution in [0.1, 0.15) is 61.5 Å². The summed E-state index contributed by atoms with van der Waals surface area (Å²) in [4.78, 5) is 18.7. The minimum absolute atomic E-state index is 0.172. The highest BCUT2D eigenvalue weighted by Crippen LogP contribution is 2.43. The highest BCUT2D eigenvalue weighted by atomic mass is 16.5. The van der Waals surface area contributed by atoms with Crippen molar-refractivity contribution in [1.29, 1.82) is 0 Å². The van der Waals surface area contributed by atoms with Crippen LogP contribution in [-0.4, -0.2) is 31.4 Å². The number of fused-ring (bicyclic) bond motifs is 1. The van der Waals surface area contributed by atoms with E-state index in [1.165, 1.54) is 18.4 Å². The Morgan fingerprint density at radius 3 is 2.78 bits per heavy atom. The zero-order chi connectivity index (χ0) is 19.6. The first kappa shape index (κ1) is 19.2. The number of benzene rings is 2. The molecule has 2 aromatic rings. The average molecular weight is 364 g/mol. The van der Waals surface area contributed by atoms with Crippen LogP contribution >= 0.6 is 0 Å². The fourth-order valence-electron chi connectivity index (χ4n) is 4.17. The molecule has 4 nitrogen and oxygen atoms in total. The zero-order valence-corrected chi connectivity index (χ0v) is 16.8. The smallest absolute Gasteiger partial charge is 0.337 e. The van der Waals surface area contributed by atoms with Gasteiger partial charge in [-0.3, -0.25) is 4.99 Å². The van der Waals surface area contributed by atoms with Crippen LogP contribution in [-0.2, 0) is 4.74 Å². The number of ether oxygens (including phenoxy) is 1. The minimum atomic E-state index is -0.350. The third-order valence-electron chi connectivity index (χ3n) is 5.36. The standard InChI is InChI=1S/C23H28N2O2/c1-6-25-21-11-10-17(12-20(21)16(2)14-23(25,3)4)15-24-19-9-7-8-18(13-19)22(26)27-5/h7-13,15-16H,6,14H2,1-5H3. The van der Waals surface area contributed by atoms with Crippen molar-refractivity contribution in [2.45, 2.75) is 45.6 Å². The fourth-order valence-corrected chi connectivity index (χ4v) is 4.17. The first-order valence-corrected chi connectivity index (χ1v) is 9.49. The van der Waals surface area contributed by atoms with Crippen LogP contribution in [0, 0.1) is 0 Å². The van der Waals surface area contributed by atoms with Gasteiger partial charge in [-0.25, -0.2) is 4.79 Å². The van der Waals surface area contributed by atoms with Crippen LogP contribution in [0.25, 0.3) is 0 Å². The zero-order valence-electron chi connectivity index (χ0n) is 16.8. The number of carbonyl (C=O) groups excluding carboxylic acids is 1. The maximum Gasteiger partial charge on any atom is 0.337 e. The SMILES string of the molecule is CCN1c2ccc(C=Nc3cccc(C(=O)OC)c3)cc2C(C)CC1(C)C. The van der Waals surface area contributed by atoms with E-state index < -0.39 is 0 Å². The summed E-state index contributed by atoms with van der Waals surface area (Å²) in [6, 6.07) is 13.7. The van der Waals surface area contributed by atoms with Gasteiger partial charge in [-0.15, -0.1) is 0 Å². The van der Waals surface area contributed by atoms with Gasteiger partial charge in [0.25, 0.3) is 0 Å². The molecule has 4 heteroatoms. The predicted molar refractivity (Wildman–Crippen MR) is 112 cm³/mol. The van der Waals surface area contributed by atoms with Gasteiger partial charge >= 0.3 is 5.97 Å². The van der Waals surface area contributed by atoms with E-state index in [0.29, 0.717) is 11.5 Å². The Morgan fingerprint density at radius 1 is 1.30 bits per heavy atom. The molecule has 1 aliphatic heterocycles. The number of esters is 1. The van der Waals surface area contributed by atoms with Crippen molar-refractivity contribution in [2.24, 2.45) is 4.99 Å². The number of rotatable bonds is 4. The van der Waals surface area contributed by atoms with Gasteiger partial charge in [-0.05, 0) is 74.6 Å². The van der Waals surface area contributed by atoms with Crippen molar-refractivity contribution < 1.29 is 9.53 Å². The van der Waals surface area contributed by atoms with Crippen LogP contribution in [0.5, 0.6) is 0 Å². The van der Waals surface area contributed by atoms with E-state index in [4.69, 9.17) is 4.74 Å². The van der Waals surface area contributed by atoms with Crippen LogP contribution in [0.4, 0.5) is 11.4 Å². The molecule has 2 aromatic carbocycles. The summed E-state index contributed by atoms with van der Waals surface area (Å²) >= 11 is 0. The number of anilines is 1. The normalized spacial score (nSPS) is 18.4. The van der Waals surface area contributed by atoms with E-state index in [0.717, 1.165) is 24.2 Å². The largest absolute Gasteiger partial charge is 0.465 e. The molecule has 27 heavy (non-hydrogen) atoms. The third-order valence-corrected chi connectivity index (χ3v) is 5.36. The summed E-state index contributed by atoms with van der Waals surface area (Å²) < 4.78 is 4.77. The maximum absolute atomic E-state index is 11.7. The van der Waals surface area contributed by atoms with Crippen molar-refractivity contribution in [1.82, 2.24) is 0 Å². The molecule has 0 saturated carbocycles. The third kappa shape index (κ3) is 3.90. The molecule has 0 aliphatic carbocycles. The molecule has 3 rings (SSSR count). The highest BCUT2D eigenvalue weighted by molar-refractivity contribution is 5.91. The number of nitrogens with zero attached hydrogens (tertiary/aromatic N) is 2. The number of methoxy groups -OCH3 is 1. The van der Waals surface area contributed by atoms with Crippen molar-refractivity contribution >= 4 is 23.6 Å². The molecule has 142 valence electrons. The van der Waals surface area contributed by atoms with E-state index in [2.05, 4.69) is 55.8 Å². The van der Waals surface area contributed by atoms with Crippen molar-refractivity contribution in [3.63, 3.8) is 0 Å². The topological polar surface area (TPSA) is 41.9 Å². The van der Waals surface area contributed by atoms with E-state index in [-0.39, 0.29) is 11.5 Å². The Hall–Kier alpha value is -2.62. The monoisotopic (exact) mass is 364 g/mol. The second-order valence-electron chi connectivity index (χ2n) is 7.78. The van der Waals surface area contributed by atoms with Gasteiger partial charge in [-0.1, -0.05) is 19.1 Å². The van der Waals surface area contributed by atoms with E-state index >= 15 is 0 Å². The fraction of sp³-hybridized carbons (Fsp3) is 0.391. The van der Waals surface area contributed by atoms with E-state index in [1.54, 1.807) is 12.1 Å². The Kier molecular flexibility index (Phi) is 5.36. The molecule has 1 unspecified atom stereocenters. The van der Waals surface area contributed by atoms with E-state index in [1.807, 2.05) is 18.3 Å². The first-order chi connectivity index (χ1) is 12.9. The molecule has 0 bridgehead atoms. The lowest BCUT2D eigenvalue weighted by molar-refractivity contribution is 0.0601. The number of aliphatic imine (C=N–C) groups is 1. The lowest BCUT2D eigenvalue weighted by atomic mass is 9.79. The minimum Gasteiger partial charge on any atom is -0.465 e. The van der Waals surface area contributed by atoms with Crippen LogP contribution in [0.15, 0.2) is 47.5 Å². The van der Waals surface area contributed by atoms with Crippen molar-refractivity contribution in [2.75, 3.05) is 18.6 Å². The van der Waals surface area contributed by atoms with Gasteiger partial charge in [0.2, 0.25) is 0 Å². The quantitative estimate of drug-likeness (QED) is 0.543. The first-order valence-electron chi connectivity index (χ1n) is 9.49. The molecule has 0 radical (unpaired) electrons. The molecular formula is C23H28N2O2. The van der Waals surface area contributed by atoms with Crippen molar-refractivity contribution in [3.05, 3.63) is 59.2 Å². The lowest BCUT2D eigenvalue weighted by Crippen LogP contribution is -2.48. The molecular weight excluding hydrogens is 336 g/mol. The maximum atomic E-state index is 11.7.